The molecule has 0 aromatic heterocycles. The summed E-state index contributed by atoms with van der Waals surface area (Å²) >= 11 is 0. The Morgan fingerprint density at radius 3 is 2.55 bits per heavy atom. The van der Waals surface area contributed by atoms with Crippen molar-refractivity contribution in [3.8, 4) is 0 Å². The molecule has 1 rings (SSSR count). The van der Waals surface area contributed by atoms with Crippen molar-refractivity contribution in [1.29, 1.82) is 0 Å². The van der Waals surface area contributed by atoms with Gasteiger partial charge < -0.3 is 0 Å². The Labute approximate surface area is 69.2 Å². The van der Waals surface area contributed by atoms with Crippen LogP contribution in [0.15, 0.2) is 0 Å². The zero-order chi connectivity index (χ0) is 8.27. The van der Waals surface area contributed by atoms with Gasteiger partial charge in [-0.2, -0.15) is 0 Å². The maximum Gasteiger partial charge on any atom is 0.202 e. The predicted octanol–water partition coefficient (Wildman–Crippen LogP) is 2.56. The van der Waals surface area contributed by atoms with Gasteiger partial charge in [-0.05, 0) is 18.3 Å². The van der Waals surface area contributed by atoms with Gasteiger partial charge in [0.2, 0.25) is 6.29 Å². The van der Waals surface area contributed by atoms with Crippen molar-refractivity contribution in [2.24, 2.45) is 17.8 Å². The van der Waals surface area contributed by atoms with Crippen molar-refractivity contribution < 1.29 is 4.79 Å². The molecule has 0 amide bonds. The molecule has 1 saturated carbocycles. The summed E-state index contributed by atoms with van der Waals surface area (Å²) in [7, 11) is 0. The number of rotatable bonds is 5. The summed E-state index contributed by atoms with van der Waals surface area (Å²) in [4.78, 5) is 10.3. The molecule has 0 aromatic rings. The highest BCUT2D eigenvalue weighted by Gasteiger charge is 2.46. The Morgan fingerprint density at radius 2 is 2.09 bits per heavy atom. The van der Waals surface area contributed by atoms with Crippen LogP contribution in [0.25, 0.3) is 0 Å². The first kappa shape index (κ1) is 8.76. The molecule has 3 unspecified atom stereocenters. The molecule has 1 heteroatoms. The van der Waals surface area contributed by atoms with Gasteiger partial charge in [0.15, 0.2) is 0 Å². The normalized spacial score (nSPS) is 35.3. The summed E-state index contributed by atoms with van der Waals surface area (Å²) in [6.07, 6.45) is 7.24. The molecule has 0 bridgehead atoms. The van der Waals surface area contributed by atoms with Gasteiger partial charge in [0.1, 0.15) is 0 Å². The monoisotopic (exact) mass is 153 g/mol. The molecule has 0 aromatic carbocycles. The quantitative estimate of drug-likeness (QED) is 0.555. The van der Waals surface area contributed by atoms with E-state index < -0.39 is 0 Å². The zero-order valence-electron chi connectivity index (χ0n) is 7.47. The molecule has 0 saturated heterocycles. The third kappa shape index (κ3) is 2.05. The number of hydrogen-bond donors (Lipinski definition) is 0. The van der Waals surface area contributed by atoms with Crippen LogP contribution >= 0.6 is 0 Å². The Bertz CT molecular complexity index is 131. The number of hydrogen-bond acceptors (Lipinski definition) is 1. The summed E-state index contributed by atoms with van der Waals surface area (Å²) in [5.41, 5.74) is 0. The molecule has 1 fully saturated rings. The van der Waals surface area contributed by atoms with Crippen LogP contribution in [0.1, 0.15) is 39.5 Å². The van der Waals surface area contributed by atoms with Crippen LogP contribution in [-0.2, 0) is 4.79 Å². The van der Waals surface area contributed by atoms with Crippen LogP contribution in [0.4, 0.5) is 0 Å². The average molecular weight is 153 g/mol. The molecule has 1 aliphatic carbocycles. The maximum absolute atomic E-state index is 10.3. The fourth-order valence-electron chi connectivity index (χ4n) is 1.81. The molecule has 1 aliphatic rings. The SMILES string of the molecule is CCCCCC1C(C)C1[C]=O. The van der Waals surface area contributed by atoms with E-state index in [4.69, 9.17) is 0 Å². The van der Waals surface area contributed by atoms with Crippen molar-refractivity contribution in [3.05, 3.63) is 0 Å². The second-order valence-corrected chi connectivity index (χ2v) is 3.66. The van der Waals surface area contributed by atoms with Crippen LogP contribution in [0.2, 0.25) is 0 Å². The summed E-state index contributed by atoms with van der Waals surface area (Å²) in [5.74, 6) is 1.59. The average Bonchev–Trinajstić information content (AvgIpc) is 2.62. The number of carbonyl (C=O) groups excluding carboxylic acids is 1. The van der Waals surface area contributed by atoms with E-state index in [1.807, 2.05) is 0 Å². The molecular formula is C10H17O. The van der Waals surface area contributed by atoms with Gasteiger partial charge in [0.25, 0.3) is 0 Å². The van der Waals surface area contributed by atoms with E-state index in [9.17, 15) is 4.79 Å². The molecule has 0 heterocycles. The van der Waals surface area contributed by atoms with E-state index >= 15 is 0 Å². The van der Waals surface area contributed by atoms with Crippen molar-refractivity contribution in [3.63, 3.8) is 0 Å². The summed E-state index contributed by atoms with van der Waals surface area (Å²) in [5, 5.41) is 0. The van der Waals surface area contributed by atoms with E-state index in [1.54, 1.807) is 0 Å². The van der Waals surface area contributed by atoms with Gasteiger partial charge in [0, 0.05) is 5.92 Å². The van der Waals surface area contributed by atoms with Gasteiger partial charge in [-0.25, -0.2) is 0 Å². The predicted molar refractivity (Wildman–Crippen MR) is 46.0 cm³/mol. The number of unbranched alkanes of at least 4 members (excludes halogenated alkanes) is 2. The molecule has 0 spiro atoms. The zero-order valence-corrected chi connectivity index (χ0v) is 7.47. The van der Waals surface area contributed by atoms with Gasteiger partial charge in [0.05, 0.1) is 0 Å². The van der Waals surface area contributed by atoms with E-state index in [0.29, 0.717) is 11.8 Å². The third-order valence-corrected chi connectivity index (χ3v) is 2.84. The highest BCUT2D eigenvalue weighted by molar-refractivity contribution is 5.60. The fourth-order valence-corrected chi connectivity index (χ4v) is 1.81. The molecule has 11 heavy (non-hydrogen) atoms. The first-order chi connectivity index (χ1) is 5.31. The van der Waals surface area contributed by atoms with Crippen LogP contribution in [-0.4, -0.2) is 6.29 Å². The molecule has 1 nitrogen and oxygen atoms in total. The third-order valence-electron chi connectivity index (χ3n) is 2.84. The summed E-state index contributed by atoms with van der Waals surface area (Å²) in [6, 6.07) is 0. The Hall–Kier alpha value is -0.330. The minimum Gasteiger partial charge on any atom is -0.291 e. The van der Waals surface area contributed by atoms with Crippen LogP contribution in [0.5, 0.6) is 0 Å². The molecular weight excluding hydrogens is 136 g/mol. The lowest BCUT2D eigenvalue weighted by molar-refractivity contribution is 0.538. The van der Waals surface area contributed by atoms with Crippen molar-refractivity contribution in [1.82, 2.24) is 0 Å². The van der Waals surface area contributed by atoms with Crippen LogP contribution < -0.4 is 0 Å². The highest BCUT2D eigenvalue weighted by atomic mass is 16.1. The minimum absolute atomic E-state index is 0.284. The molecule has 0 aliphatic heterocycles. The Balaban J connectivity index is 2.06. The van der Waals surface area contributed by atoms with Crippen LogP contribution in [0.3, 0.4) is 0 Å². The lowest BCUT2D eigenvalue weighted by Gasteiger charge is -1.94. The topological polar surface area (TPSA) is 17.1 Å². The molecule has 0 N–H and O–H groups in total. The second-order valence-electron chi connectivity index (χ2n) is 3.66. The van der Waals surface area contributed by atoms with Gasteiger partial charge in [-0.3, -0.25) is 4.79 Å². The molecule has 63 valence electrons. The lowest BCUT2D eigenvalue weighted by Crippen LogP contribution is -1.83. The second kappa shape index (κ2) is 3.89. The maximum atomic E-state index is 10.3. The molecule has 1 radical (unpaired) electrons. The standard InChI is InChI=1S/C10H17O/c1-3-4-5-6-9-8(2)10(9)7-11/h8-10H,3-6H2,1-2H3. The Kier molecular flexibility index (Phi) is 3.10. The first-order valence-electron chi connectivity index (χ1n) is 4.69. The minimum atomic E-state index is 0.284. The van der Waals surface area contributed by atoms with E-state index in [-0.39, 0.29) is 5.92 Å². The lowest BCUT2D eigenvalue weighted by atomic mass is 10.1. The van der Waals surface area contributed by atoms with E-state index in [0.717, 1.165) is 0 Å². The fraction of sp³-hybridized carbons (Fsp3) is 0.900. The molecule has 3 atom stereocenters. The van der Waals surface area contributed by atoms with Crippen LogP contribution in [0, 0.1) is 17.8 Å². The van der Waals surface area contributed by atoms with Crippen molar-refractivity contribution >= 4 is 6.29 Å². The smallest absolute Gasteiger partial charge is 0.202 e. The van der Waals surface area contributed by atoms with E-state index in [1.165, 1.54) is 25.7 Å². The van der Waals surface area contributed by atoms with Gasteiger partial charge in [-0.1, -0.05) is 33.1 Å². The van der Waals surface area contributed by atoms with E-state index in [2.05, 4.69) is 20.1 Å². The first-order valence-corrected chi connectivity index (χ1v) is 4.69. The van der Waals surface area contributed by atoms with Crippen molar-refractivity contribution in [2.75, 3.05) is 0 Å². The van der Waals surface area contributed by atoms with Crippen molar-refractivity contribution in [2.45, 2.75) is 39.5 Å². The largest absolute Gasteiger partial charge is 0.291 e. The summed E-state index contributed by atoms with van der Waals surface area (Å²) in [6.45, 7) is 4.37. The Morgan fingerprint density at radius 1 is 1.36 bits per heavy atom. The van der Waals surface area contributed by atoms with Gasteiger partial charge in [-0.15, -0.1) is 0 Å². The van der Waals surface area contributed by atoms with Gasteiger partial charge >= 0.3 is 0 Å². The summed E-state index contributed by atoms with van der Waals surface area (Å²) < 4.78 is 0. The highest BCUT2D eigenvalue weighted by Crippen LogP contribution is 2.47.